The summed E-state index contributed by atoms with van der Waals surface area (Å²) < 4.78 is 12.1. The quantitative estimate of drug-likeness (QED) is 0.707. The van der Waals surface area contributed by atoms with E-state index < -0.39 is 0 Å². The van der Waals surface area contributed by atoms with Gasteiger partial charge in [0.05, 0.1) is 5.69 Å². The van der Waals surface area contributed by atoms with Crippen LogP contribution in [0.1, 0.15) is 34.7 Å². The molecule has 2 aromatic heterocycles. The Hall–Kier alpha value is -2.51. The lowest BCUT2D eigenvalue weighted by atomic mass is 10.0. The molecule has 0 atom stereocenters. The number of hydrogen-bond acceptors (Lipinski definition) is 6. The Morgan fingerprint density at radius 3 is 2.73 bits per heavy atom. The third-order valence-electron chi connectivity index (χ3n) is 4.41. The van der Waals surface area contributed by atoms with Crippen molar-refractivity contribution in [2.75, 3.05) is 26.8 Å². The zero-order valence-electron chi connectivity index (χ0n) is 14.9. The number of rotatable bonds is 5. The molecule has 3 aromatic rings. The number of nitrogens with one attached hydrogen (secondary N) is 1. The van der Waals surface area contributed by atoms with Gasteiger partial charge in [0.25, 0.3) is 0 Å². The smallest absolute Gasteiger partial charge is 0.325 e. The highest BCUT2D eigenvalue weighted by molar-refractivity contribution is 5.73. The van der Waals surface area contributed by atoms with Gasteiger partial charge >= 0.3 is 5.84 Å². The van der Waals surface area contributed by atoms with E-state index in [1.165, 1.54) is 19.2 Å². The summed E-state index contributed by atoms with van der Waals surface area (Å²) in [5.74, 6) is 1.49. The van der Waals surface area contributed by atoms with Crippen LogP contribution in [0.2, 0.25) is 0 Å². The van der Waals surface area contributed by atoms with Crippen LogP contribution < -0.4 is 5.32 Å². The SMILES string of the molecule is CNCC1CCOCC1.O=Cc1oc2ncnn2c1Cc1ccccc1. The second kappa shape index (κ2) is 9.26. The van der Waals surface area contributed by atoms with E-state index in [-0.39, 0.29) is 5.76 Å². The Bertz CT molecular complexity index is 804. The number of oxazole rings is 1. The maximum Gasteiger partial charge on any atom is 0.325 e. The van der Waals surface area contributed by atoms with Crippen molar-refractivity contribution in [2.45, 2.75) is 19.3 Å². The van der Waals surface area contributed by atoms with Crippen molar-refractivity contribution >= 4 is 12.1 Å². The van der Waals surface area contributed by atoms with Crippen molar-refractivity contribution < 1.29 is 13.9 Å². The van der Waals surface area contributed by atoms with Gasteiger partial charge in [0, 0.05) is 19.6 Å². The molecule has 7 heteroatoms. The molecule has 0 amide bonds. The number of hydrogen-bond donors (Lipinski definition) is 1. The average Bonchev–Trinajstić information content (AvgIpc) is 3.27. The molecule has 4 rings (SSSR count). The van der Waals surface area contributed by atoms with Crippen molar-refractivity contribution in [3.05, 3.63) is 53.7 Å². The molecule has 1 aliphatic heterocycles. The number of aromatic nitrogens is 3. The summed E-state index contributed by atoms with van der Waals surface area (Å²) in [4.78, 5) is 14.8. The molecule has 0 spiro atoms. The fraction of sp³-hybridized carbons (Fsp3) is 0.421. The first kappa shape index (κ1) is 18.3. The molecule has 26 heavy (non-hydrogen) atoms. The Balaban J connectivity index is 0.000000185. The van der Waals surface area contributed by atoms with Crippen molar-refractivity contribution in [2.24, 2.45) is 5.92 Å². The molecule has 0 bridgehead atoms. The molecule has 1 aliphatic rings. The van der Waals surface area contributed by atoms with Crippen LogP contribution >= 0.6 is 0 Å². The van der Waals surface area contributed by atoms with E-state index in [0.717, 1.165) is 36.9 Å². The van der Waals surface area contributed by atoms with Gasteiger partial charge in [-0.1, -0.05) is 30.3 Å². The topological polar surface area (TPSA) is 81.7 Å². The predicted molar refractivity (Wildman–Crippen MR) is 97.4 cm³/mol. The van der Waals surface area contributed by atoms with E-state index in [1.807, 2.05) is 37.4 Å². The normalized spacial score (nSPS) is 14.8. The zero-order chi connectivity index (χ0) is 18.2. The molecule has 1 N–H and O–H groups in total. The summed E-state index contributed by atoms with van der Waals surface area (Å²) in [6.07, 6.45) is 5.16. The number of ether oxygens (including phenoxy) is 1. The standard InChI is InChI=1S/C12H9N3O2.C7H15NO/c16-7-11-10(6-9-4-2-1-3-5-9)15-12(17-11)13-8-14-15;1-8-6-7-2-4-9-5-3-7/h1-5,7-8H,6H2;7-8H,2-6H2,1H3. The molecular weight excluding hydrogens is 332 g/mol. The molecule has 1 saturated heterocycles. The number of carbonyl (C=O) groups excluding carboxylic acids is 1. The number of aldehydes is 1. The van der Waals surface area contributed by atoms with Gasteiger partial charge in [-0.15, -0.1) is 0 Å². The average molecular weight is 356 g/mol. The molecule has 0 aliphatic carbocycles. The monoisotopic (exact) mass is 356 g/mol. The molecule has 0 unspecified atom stereocenters. The van der Waals surface area contributed by atoms with Gasteiger partial charge in [0.15, 0.2) is 12.0 Å². The molecule has 1 fully saturated rings. The van der Waals surface area contributed by atoms with Crippen LogP contribution in [0.5, 0.6) is 0 Å². The highest BCUT2D eigenvalue weighted by atomic mass is 16.5. The third-order valence-corrected chi connectivity index (χ3v) is 4.41. The van der Waals surface area contributed by atoms with Crippen LogP contribution in [0, 0.1) is 5.92 Å². The van der Waals surface area contributed by atoms with E-state index >= 15 is 0 Å². The van der Waals surface area contributed by atoms with Crippen LogP contribution in [0.25, 0.3) is 5.84 Å². The Kier molecular flexibility index (Phi) is 6.51. The summed E-state index contributed by atoms with van der Waals surface area (Å²) in [5.41, 5.74) is 1.81. The van der Waals surface area contributed by atoms with Crippen LogP contribution in [0.3, 0.4) is 0 Å². The van der Waals surface area contributed by atoms with Gasteiger partial charge < -0.3 is 14.5 Å². The lowest BCUT2D eigenvalue weighted by Gasteiger charge is -2.21. The fourth-order valence-electron chi connectivity index (χ4n) is 3.03. The third kappa shape index (κ3) is 4.56. The first-order chi connectivity index (χ1) is 12.8. The van der Waals surface area contributed by atoms with E-state index in [1.54, 1.807) is 4.52 Å². The molecule has 0 radical (unpaired) electrons. The highest BCUT2D eigenvalue weighted by Gasteiger charge is 2.15. The lowest BCUT2D eigenvalue weighted by molar-refractivity contribution is 0.0669. The summed E-state index contributed by atoms with van der Waals surface area (Å²) in [6.45, 7) is 3.09. The minimum atomic E-state index is 0.282. The summed E-state index contributed by atoms with van der Waals surface area (Å²) in [5, 5.41) is 7.22. The highest BCUT2D eigenvalue weighted by Crippen LogP contribution is 2.16. The van der Waals surface area contributed by atoms with E-state index in [2.05, 4.69) is 15.4 Å². The van der Waals surface area contributed by atoms with E-state index in [0.29, 0.717) is 18.6 Å². The van der Waals surface area contributed by atoms with Crippen molar-refractivity contribution in [3.8, 4) is 0 Å². The Morgan fingerprint density at radius 2 is 2.04 bits per heavy atom. The summed E-state index contributed by atoms with van der Waals surface area (Å²) >= 11 is 0. The Morgan fingerprint density at radius 1 is 1.27 bits per heavy atom. The molecular formula is C19H24N4O3. The molecule has 1 aromatic carbocycles. The van der Waals surface area contributed by atoms with Gasteiger partial charge in [-0.25, -0.2) is 0 Å². The van der Waals surface area contributed by atoms with Gasteiger partial charge in [0.2, 0.25) is 0 Å². The Labute approximate surface area is 152 Å². The molecule has 3 heterocycles. The minimum Gasteiger partial charge on any atom is -0.419 e. The van der Waals surface area contributed by atoms with E-state index in [9.17, 15) is 4.79 Å². The molecule has 138 valence electrons. The number of benzene rings is 1. The lowest BCUT2D eigenvalue weighted by Crippen LogP contribution is -2.25. The number of nitrogens with zero attached hydrogens (tertiary/aromatic N) is 3. The maximum atomic E-state index is 10.9. The van der Waals surface area contributed by atoms with Crippen LogP contribution in [0.4, 0.5) is 0 Å². The zero-order valence-corrected chi connectivity index (χ0v) is 14.9. The molecule has 7 nitrogen and oxygen atoms in total. The van der Waals surface area contributed by atoms with Gasteiger partial charge in [0.1, 0.15) is 6.33 Å². The van der Waals surface area contributed by atoms with Gasteiger partial charge in [-0.2, -0.15) is 14.6 Å². The summed E-state index contributed by atoms with van der Waals surface area (Å²) in [6, 6.07) is 9.84. The van der Waals surface area contributed by atoms with Crippen LogP contribution in [0.15, 0.2) is 41.1 Å². The van der Waals surface area contributed by atoms with E-state index in [4.69, 9.17) is 9.15 Å². The minimum absolute atomic E-state index is 0.282. The number of fused-ring (bicyclic) bond motifs is 1. The van der Waals surface area contributed by atoms with Crippen molar-refractivity contribution in [3.63, 3.8) is 0 Å². The second-order valence-corrected chi connectivity index (χ2v) is 6.26. The van der Waals surface area contributed by atoms with Gasteiger partial charge in [-0.05, 0) is 37.9 Å². The largest absolute Gasteiger partial charge is 0.419 e. The van der Waals surface area contributed by atoms with Crippen LogP contribution in [-0.4, -0.2) is 47.7 Å². The predicted octanol–water partition coefficient (Wildman–Crippen LogP) is 2.36. The molecule has 0 saturated carbocycles. The first-order valence-electron chi connectivity index (χ1n) is 8.84. The summed E-state index contributed by atoms with van der Waals surface area (Å²) in [7, 11) is 2.01. The number of carbonyl (C=O) groups is 1. The second-order valence-electron chi connectivity index (χ2n) is 6.26. The fourth-order valence-corrected chi connectivity index (χ4v) is 3.03. The maximum absolute atomic E-state index is 10.9. The van der Waals surface area contributed by atoms with Gasteiger partial charge in [-0.3, -0.25) is 4.79 Å². The van der Waals surface area contributed by atoms with Crippen molar-refractivity contribution in [1.82, 2.24) is 19.9 Å². The van der Waals surface area contributed by atoms with Crippen LogP contribution in [-0.2, 0) is 11.2 Å². The first-order valence-corrected chi connectivity index (χ1v) is 8.84. The van der Waals surface area contributed by atoms with Crippen molar-refractivity contribution in [1.29, 1.82) is 0 Å².